The molecule has 124 valence electrons. The molecule has 2 N–H and O–H groups in total. The Labute approximate surface area is 149 Å². The summed E-state index contributed by atoms with van der Waals surface area (Å²) >= 11 is 1.07. The summed E-state index contributed by atoms with van der Waals surface area (Å²) in [7, 11) is 0. The summed E-state index contributed by atoms with van der Waals surface area (Å²) < 4.78 is 0. The van der Waals surface area contributed by atoms with E-state index >= 15 is 0 Å². The minimum Gasteiger partial charge on any atom is -0.378 e. The van der Waals surface area contributed by atoms with Crippen LogP contribution in [0.3, 0.4) is 0 Å². The molecule has 0 saturated carbocycles. The number of aliphatic imine (C=N–C) groups is 1. The second-order valence-electron chi connectivity index (χ2n) is 5.91. The Balaban J connectivity index is 1.80. The molecule has 1 unspecified atom stereocenters. The molecule has 0 radical (unpaired) electrons. The summed E-state index contributed by atoms with van der Waals surface area (Å²) in [5.41, 5.74) is 8.71. The van der Waals surface area contributed by atoms with Gasteiger partial charge in [-0.05, 0) is 41.9 Å². The maximum Gasteiger partial charge on any atom is 0.272 e. The molecule has 2 amide bonds. The molecule has 0 spiro atoms. The predicted molar refractivity (Wildman–Crippen MR) is 99.1 cm³/mol. The van der Waals surface area contributed by atoms with Crippen LogP contribution in [0.25, 0.3) is 0 Å². The molecule has 4 rings (SSSR count). The highest BCUT2D eigenvalue weighted by atomic mass is 32.2. The topological polar surface area (TPSA) is 75.8 Å². The number of rotatable bonds is 2. The summed E-state index contributed by atoms with van der Waals surface area (Å²) in [6.45, 7) is 1.92. The van der Waals surface area contributed by atoms with E-state index in [2.05, 4.69) is 4.99 Å². The molecule has 5 nitrogen and oxygen atoms in total. The van der Waals surface area contributed by atoms with Crippen molar-refractivity contribution in [1.82, 2.24) is 0 Å². The van der Waals surface area contributed by atoms with E-state index in [1.807, 2.05) is 55.5 Å². The molecule has 0 aromatic heterocycles. The highest BCUT2D eigenvalue weighted by Gasteiger charge is 2.45. The van der Waals surface area contributed by atoms with Crippen LogP contribution in [0.1, 0.15) is 17.2 Å². The number of imide groups is 1. The fraction of sp³-hybridized carbons (Fsp3) is 0.105. The summed E-state index contributed by atoms with van der Waals surface area (Å²) in [6.07, 6.45) is 0. The van der Waals surface area contributed by atoms with Gasteiger partial charge in [0.15, 0.2) is 5.17 Å². The van der Waals surface area contributed by atoms with E-state index in [9.17, 15) is 9.59 Å². The Kier molecular flexibility index (Phi) is 3.69. The van der Waals surface area contributed by atoms with E-state index in [1.165, 1.54) is 4.90 Å². The number of thioether (sulfide) groups is 1. The van der Waals surface area contributed by atoms with Crippen molar-refractivity contribution in [3.05, 3.63) is 76.2 Å². The number of anilines is 1. The van der Waals surface area contributed by atoms with Gasteiger partial charge >= 0.3 is 0 Å². The van der Waals surface area contributed by atoms with Crippen LogP contribution in [0.4, 0.5) is 5.69 Å². The van der Waals surface area contributed by atoms with Crippen LogP contribution in [0, 0.1) is 6.92 Å². The fourth-order valence-corrected chi connectivity index (χ4v) is 3.92. The molecule has 6 heteroatoms. The van der Waals surface area contributed by atoms with Crippen molar-refractivity contribution < 1.29 is 9.59 Å². The lowest BCUT2D eigenvalue weighted by molar-refractivity contribution is -0.120. The predicted octanol–water partition coefficient (Wildman–Crippen LogP) is 2.93. The largest absolute Gasteiger partial charge is 0.378 e. The van der Waals surface area contributed by atoms with E-state index in [0.717, 1.165) is 22.9 Å². The van der Waals surface area contributed by atoms with Crippen LogP contribution in [0.2, 0.25) is 0 Å². The Bertz CT molecular complexity index is 950. The molecular weight excluding hydrogens is 334 g/mol. The maximum absolute atomic E-state index is 13.1. The molecule has 2 aromatic rings. The van der Waals surface area contributed by atoms with Crippen LogP contribution in [-0.4, -0.2) is 17.0 Å². The smallest absolute Gasteiger partial charge is 0.272 e. The van der Waals surface area contributed by atoms with Gasteiger partial charge in [0.1, 0.15) is 6.04 Å². The van der Waals surface area contributed by atoms with Gasteiger partial charge in [-0.25, -0.2) is 9.89 Å². The van der Waals surface area contributed by atoms with E-state index in [1.54, 1.807) is 6.07 Å². The van der Waals surface area contributed by atoms with E-state index in [4.69, 9.17) is 5.73 Å². The molecule has 25 heavy (non-hydrogen) atoms. The molecule has 0 aliphatic carbocycles. The van der Waals surface area contributed by atoms with Crippen molar-refractivity contribution in [3.63, 3.8) is 0 Å². The average Bonchev–Trinajstić information content (AvgIpc) is 2.86. The summed E-state index contributed by atoms with van der Waals surface area (Å²) in [5.74, 6) is -0.669. The molecule has 0 bridgehead atoms. The molecule has 1 atom stereocenters. The second kappa shape index (κ2) is 5.89. The van der Waals surface area contributed by atoms with Gasteiger partial charge in [0.25, 0.3) is 11.8 Å². The Morgan fingerprint density at radius 1 is 1.04 bits per heavy atom. The van der Waals surface area contributed by atoms with Crippen LogP contribution in [-0.2, 0) is 9.59 Å². The first-order valence-corrected chi connectivity index (χ1v) is 8.63. The lowest BCUT2D eigenvalue weighted by Gasteiger charge is -2.19. The lowest BCUT2D eigenvalue weighted by atomic mass is 9.99. The average molecular weight is 349 g/mol. The quantitative estimate of drug-likeness (QED) is 0.846. The first kappa shape index (κ1) is 15.7. The number of amidine groups is 1. The number of carbonyl (C=O) groups is 2. The van der Waals surface area contributed by atoms with Crippen LogP contribution in [0.5, 0.6) is 0 Å². The highest BCUT2D eigenvalue weighted by molar-refractivity contribution is 8.18. The van der Waals surface area contributed by atoms with Gasteiger partial charge in [0, 0.05) is 0 Å². The third kappa shape index (κ3) is 2.55. The van der Waals surface area contributed by atoms with Gasteiger partial charge in [-0.15, -0.1) is 0 Å². The first-order valence-electron chi connectivity index (χ1n) is 7.82. The number of amides is 2. The highest BCUT2D eigenvalue weighted by Crippen LogP contribution is 2.44. The standard InChI is InChI=1S/C19H15N3O2S/c1-11-6-5-9-13(10-11)22-17(23)14-15(12-7-3-2-4-8-12)21-19(20)25-16(14)18(22)24/h2-10,15H,1H3,(H2,20,21). The summed E-state index contributed by atoms with van der Waals surface area (Å²) in [4.78, 5) is 32.0. The van der Waals surface area contributed by atoms with Crippen molar-refractivity contribution >= 4 is 34.4 Å². The number of nitrogens with two attached hydrogens (primary N) is 1. The van der Waals surface area contributed by atoms with Gasteiger partial charge in [0.05, 0.1) is 16.2 Å². The Morgan fingerprint density at radius 3 is 2.52 bits per heavy atom. The number of benzene rings is 2. The minimum absolute atomic E-state index is 0.292. The summed E-state index contributed by atoms with van der Waals surface area (Å²) in [6, 6.07) is 16.2. The molecule has 2 aliphatic rings. The SMILES string of the molecule is Cc1cccc(N2C(=O)C3=C(C2=O)C(c2ccccc2)N=C(N)S3)c1. The normalized spacial score (nSPS) is 20.0. The zero-order valence-corrected chi connectivity index (χ0v) is 14.3. The molecule has 2 heterocycles. The van der Waals surface area contributed by atoms with Gasteiger partial charge in [-0.1, -0.05) is 42.5 Å². The van der Waals surface area contributed by atoms with Crippen LogP contribution in [0.15, 0.2) is 70.1 Å². The maximum atomic E-state index is 13.1. The number of hydrogen-bond donors (Lipinski definition) is 1. The number of carbonyl (C=O) groups excluding carboxylic acids is 2. The van der Waals surface area contributed by atoms with Crippen LogP contribution >= 0.6 is 11.8 Å². The number of hydrogen-bond acceptors (Lipinski definition) is 5. The summed E-state index contributed by atoms with van der Waals surface area (Å²) in [5, 5.41) is 0.292. The Morgan fingerprint density at radius 2 is 1.80 bits per heavy atom. The lowest BCUT2D eigenvalue weighted by Crippen LogP contribution is -2.31. The minimum atomic E-state index is -0.552. The number of nitrogens with zero attached hydrogens (tertiary/aromatic N) is 2. The molecule has 2 aromatic carbocycles. The third-order valence-electron chi connectivity index (χ3n) is 4.19. The molecule has 2 aliphatic heterocycles. The molecule has 0 saturated heterocycles. The monoisotopic (exact) mass is 349 g/mol. The van der Waals surface area contributed by atoms with Crippen molar-refractivity contribution in [2.24, 2.45) is 10.7 Å². The second-order valence-corrected chi connectivity index (χ2v) is 6.94. The van der Waals surface area contributed by atoms with Gasteiger partial charge in [0.2, 0.25) is 0 Å². The first-order chi connectivity index (χ1) is 12.1. The molecular formula is C19H15N3O2S. The zero-order chi connectivity index (χ0) is 17.6. The van der Waals surface area contributed by atoms with Crippen molar-refractivity contribution in [2.45, 2.75) is 13.0 Å². The van der Waals surface area contributed by atoms with Crippen molar-refractivity contribution in [1.29, 1.82) is 0 Å². The van der Waals surface area contributed by atoms with Crippen molar-refractivity contribution in [3.8, 4) is 0 Å². The molecule has 0 fully saturated rings. The van der Waals surface area contributed by atoms with Gasteiger partial charge < -0.3 is 5.73 Å². The van der Waals surface area contributed by atoms with E-state index in [-0.39, 0.29) is 11.8 Å². The van der Waals surface area contributed by atoms with Gasteiger partial charge in [-0.2, -0.15) is 0 Å². The van der Waals surface area contributed by atoms with E-state index < -0.39 is 6.04 Å². The number of aryl methyl sites for hydroxylation is 1. The Hall–Kier alpha value is -2.86. The third-order valence-corrected chi connectivity index (χ3v) is 5.10. The van der Waals surface area contributed by atoms with Crippen molar-refractivity contribution in [2.75, 3.05) is 4.90 Å². The van der Waals surface area contributed by atoms with Gasteiger partial charge in [-0.3, -0.25) is 9.59 Å². The van der Waals surface area contributed by atoms with E-state index in [0.29, 0.717) is 21.3 Å². The zero-order valence-electron chi connectivity index (χ0n) is 13.5. The fourth-order valence-electron chi connectivity index (χ4n) is 3.07. The van der Waals surface area contributed by atoms with Crippen LogP contribution < -0.4 is 10.6 Å².